The second-order valence-corrected chi connectivity index (χ2v) is 7.19. The van der Waals surface area contributed by atoms with Gasteiger partial charge in [0, 0.05) is 22.5 Å². The van der Waals surface area contributed by atoms with Crippen LogP contribution < -0.4 is 0 Å². The first kappa shape index (κ1) is 13.0. The predicted octanol–water partition coefficient (Wildman–Crippen LogP) is 5.12. The molecule has 0 saturated heterocycles. The summed E-state index contributed by atoms with van der Waals surface area (Å²) in [5.74, 6) is 0.198. The van der Waals surface area contributed by atoms with E-state index in [-0.39, 0.29) is 5.78 Å². The number of carbonyl (C=O) groups is 1. The molecule has 4 rings (SSSR count). The van der Waals surface area contributed by atoms with Crippen LogP contribution in [0.5, 0.6) is 0 Å². The number of benzene rings is 2. The Morgan fingerprint density at radius 3 is 2.48 bits per heavy atom. The van der Waals surface area contributed by atoms with Gasteiger partial charge in [-0.05, 0) is 16.5 Å². The monoisotopic (exact) mass is 308 g/mol. The molecule has 1 aliphatic carbocycles. The van der Waals surface area contributed by atoms with Gasteiger partial charge in [0.1, 0.15) is 0 Å². The number of thioether (sulfide) groups is 2. The smallest absolute Gasteiger partial charge is 0.191 e. The summed E-state index contributed by atoms with van der Waals surface area (Å²) in [5.41, 5.74) is 4.19. The van der Waals surface area contributed by atoms with Crippen LogP contribution in [-0.4, -0.2) is 5.78 Å². The standard InChI is InChI=1S/C18H12OS2/c19-17-14-9-5-4-8-13(14)10-15(17)18-20-11-16(21-18)12-6-2-1-3-7-12/h1-9,11H,10H2. The average Bonchev–Trinajstić information content (AvgIpc) is 3.14. The number of allylic oxidation sites excluding steroid dienone is 1. The van der Waals surface area contributed by atoms with E-state index in [4.69, 9.17) is 0 Å². The molecule has 0 atom stereocenters. The lowest BCUT2D eigenvalue weighted by Crippen LogP contribution is -1.96. The third-order valence-corrected chi connectivity index (χ3v) is 6.19. The Morgan fingerprint density at radius 2 is 1.67 bits per heavy atom. The van der Waals surface area contributed by atoms with Crippen molar-refractivity contribution in [2.24, 2.45) is 0 Å². The first-order valence-electron chi connectivity index (χ1n) is 6.79. The summed E-state index contributed by atoms with van der Waals surface area (Å²) in [6.07, 6.45) is 0.764. The van der Waals surface area contributed by atoms with E-state index in [1.165, 1.54) is 10.5 Å². The summed E-state index contributed by atoms with van der Waals surface area (Å²) in [6, 6.07) is 18.3. The fourth-order valence-corrected chi connectivity index (χ4v) is 4.95. The van der Waals surface area contributed by atoms with Crippen LogP contribution >= 0.6 is 23.5 Å². The molecule has 102 valence electrons. The maximum atomic E-state index is 12.5. The van der Waals surface area contributed by atoms with Gasteiger partial charge in [-0.3, -0.25) is 4.79 Å². The number of hydrogen-bond acceptors (Lipinski definition) is 3. The second-order valence-electron chi connectivity index (χ2n) is 5.00. The Hall–Kier alpha value is -1.71. The van der Waals surface area contributed by atoms with Crippen molar-refractivity contribution >= 4 is 34.2 Å². The number of fused-ring (bicyclic) bond motifs is 1. The van der Waals surface area contributed by atoms with E-state index >= 15 is 0 Å². The zero-order valence-corrected chi connectivity index (χ0v) is 12.8. The Labute approximate surface area is 132 Å². The van der Waals surface area contributed by atoms with E-state index in [0.29, 0.717) is 0 Å². The summed E-state index contributed by atoms with van der Waals surface area (Å²) < 4.78 is 1.13. The number of hydrogen-bond donors (Lipinski definition) is 0. The Bertz CT molecular complexity index is 788. The molecule has 21 heavy (non-hydrogen) atoms. The highest BCUT2D eigenvalue weighted by Crippen LogP contribution is 2.51. The normalized spacial score (nSPS) is 20.6. The molecule has 0 fully saturated rings. The van der Waals surface area contributed by atoms with Crippen LogP contribution in [0.2, 0.25) is 0 Å². The minimum absolute atomic E-state index is 0.198. The van der Waals surface area contributed by atoms with Crippen LogP contribution in [0.25, 0.3) is 4.91 Å². The van der Waals surface area contributed by atoms with Gasteiger partial charge < -0.3 is 0 Å². The summed E-state index contributed by atoms with van der Waals surface area (Å²) >= 11 is 3.39. The number of Topliss-reactive ketones (excluding diaryl/α,β-unsaturated/α-hetero) is 1. The average molecular weight is 308 g/mol. The highest BCUT2D eigenvalue weighted by Gasteiger charge is 2.29. The van der Waals surface area contributed by atoms with Crippen LogP contribution in [0.15, 0.2) is 69.8 Å². The van der Waals surface area contributed by atoms with Gasteiger partial charge in [-0.2, -0.15) is 0 Å². The maximum absolute atomic E-state index is 12.5. The molecule has 0 radical (unpaired) electrons. The molecule has 0 saturated carbocycles. The van der Waals surface area contributed by atoms with Crippen molar-refractivity contribution in [3.8, 4) is 0 Å². The Kier molecular flexibility index (Phi) is 3.24. The van der Waals surface area contributed by atoms with Crippen LogP contribution in [0.1, 0.15) is 21.5 Å². The van der Waals surface area contributed by atoms with Crippen LogP contribution in [0, 0.1) is 0 Å². The van der Waals surface area contributed by atoms with Crippen molar-refractivity contribution in [1.29, 1.82) is 0 Å². The van der Waals surface area contributed by atoms with Gasteiger partial charge in [-0.1, -0.05) is 78.1 Å². The summed E-state index contributed by atoms with van der Waals surface area (Å²) in [5, 5.41) is 2.15. The third-order valence-electron chi connectivity index (χ3n) is 3.68. The van der Waals surface area contributed by atoms with E-state index in [1.54, 1.807) is 23.5 Å². The highest BCUT2D eigenvalue weighted by molar-refractivity contribution is 8.31. The van der Waals surface area contributed by atoms with Crippen molar-refractivity contribution in [2.45, 2.75) is 6.42 Å². The van der Waals surface area contributed by atoms with Gasteiger partial charge in [0.25, 0.3) is 0 Å². The van der Waals surface area contributed by atoms with Gasteiger partial charge in [0.05, 0.1) is 4.24 Å². The molecule has 0 N–H and O–H groups in total. The summed E-state index contributed by atoms with van der Waals surface area (Å²) in [7, 11) is 0. The molecule has 1 aliphatic heterocycles. The molecular formula is C18H12OS2. The van der Waals surface area contributed by atoms with Gasteiger partial charge in [-0.15, -0.1) is 0 Å². The number of rotatable bonds is 1. The molecule has 0 aromatic heterocycles. The predicted molar refractivity (Wildman–Crippen MR) is 91.1 cm³/mol. The maximum Gasteiger partial charge on any atom is 0.191 e. The summed E-state index contributed by atoms with van der Waals surface area (Å²) in [6.45, 7) is 0. The number of ketones is 1. The van der Waals surface area contributed by atoms with E-state index in [9.17, 15) is 4.79 Å². The zero-order valence-electron chi connectivity index (χ0n) is 11.2. The van der Waals surface area contributed by atoms with Gasteiger partial charge in [-0.25, -0.2) is 0 Å². The third kappa shape index (κ3) is 2.27. The van der Waals surface area contributed by atoms with Gasteiger partial charge in [0.2, 0.25) is 0 Å². The van der Waals surface area contributed by atoms with Crippen molar-refractivity contribution in [3.05, 3.63) is 86.5 Å². The molecule has 0 amide bonds. The molecule has 2 aliphatic rings. The second kappa shape index (κ2) is 5.24. The molecule has 0 bridgehead atoms. The molecule has 2 aromatic carbocycles. The van der Waals surface area contributed by atoms with Crippen molar-refractivity contribution in [3.63, 3.8) is 0 Å². The molecular weight excluding hydrogens is 296 g/mol. The quantitative estimate of drug-likeness (QED) is 0.681. The summed E-state index contributed by atoms with van der Waals surface area (Å²) in [4.78, 5) is 13.7. The lowest BCUT2D eigenvalue weighted by Gasteiger charge is -2.03. The van der Waals surface area contributed by atoms with E-state index in [2.05, 4.69) is 23.6 Å². The van der Waals surface area contributed by atoms with Gasteiger partial charge in [0.15, 0.2) is 5.78 Å². The molecule has 3 heteroatoms. The minimum Gasteiger partial charge on any atom is -0.289 e. The van der Waals surface area contributed by atoms with Crippen molar-refractivity contribution in [2.75, 3.05) is 0 Å². The largest absolute Gasteiger partial charge is 0.289 e. The van der Waals surface area contributed by atoms with E-state index in [0.717, 1.165) is 27.4 Å². The highest BCUT2D eigenvalue weighted by atomic mass is 32.2. The van der Waals surface area contributed by atoms with Crippen molar-refractivity contribution in [1.82, 2.24) is 0 Å². The molecule has 0 spiro atoms. The number of carbonyl (C=O) groups excluding carboxylic acids is 1. The lowest BCUT2D eigenvalue weighted by atomic mass is 10.1. The fourth-order valence-electron chi connectivity index (χ4n) is 2.61. The first-order valence-corrected chi connectivity index (χ1v) is 8.48. The molecule has 0 unspecified atom stereocenters. The SMILES string of the molecule is O=C1C(=C2SC=C(c3ccccc3)S2)Cc2ccccc21. The van der Waals surface area contributed by atoms with Gasteiger partial charge >= 0.3 is 0 Å². The molecule has 1 nitrogen and oxygen atoms in total. The molecule has 2 aromatic rings. The lowest BCUT2D eigenvalue weighted by molar-refractivity contribution is 0.103. The Morgan fingerprint density at radius 1 is 0.905 bits per heavy atom. The van der Waals surface area contributed by atoms with E-state index in [1.807, 2.05) is 36.4 Å². The topological polar surface area (TPSA) is 17.1 Å². The van der Waals surface area contributed by atoms with Crippen LogP contribution in [0.3, 0.4) is 0 Å². The fraction of sp³-hybridized carbons (Fsp3) is 0.0556. The molecule has 1 heterocycles. The van der Waals surface area contributed by atoms with Crippen LogP contribution in [-0.2, 0) is 6.42 Å². The minimum atomic E-state index is 0.198. The van der Waals surface area contributed by atoms with E-state index < -0.39 is 0 Å². The Balaban J connectivity index is 1.65. The van der Waals surface area contributed by atoms with Crippen LogP contribution in [0.4, 0.5) is 0 Å². The zero-order chi connectivity index (χ0) is 14.2. The first-order chi connectivity index (χ1) is 10.3. The van der Waals surface area contributed by atoms with Crippen molar-refractivity contribution < 1.29 is 4.79 Å².